The Morgan fingerprint density at radius 1 is 1.10 bits per heavy atom. The maximum absolute atomic E-state index is 12.6. The molecule has 0 aliphatic carbocycles. The number of hydrogen-bond acceptors (Lipinski definition) is 6. The Hall–Kier alpha value is -3.59. The van der Waals surface area contributed by atoms with Gasteiger partial charge in [-0.2, -0.15) is 9.36 Å². The molecule has 1 amide bonds. The molecule has 0 N–H and O–H groups in total. The lowest BCUT2D eigenvalue weighted by atomic mass is 10.2. The van der Waals surface area contributed by atoms with E-state index < -0.39 is 0 Å². The molecule has 9 heteroatoms. The minimum absolute atomic E-state index is 0.135. The second-order valence-corrected chi connectivity index (χ2v) is 7.32. The van der Waals surface area contributed by atoms with Crippen LogP contribution >= 0.6 is 11.3 Å². The molecule has 0 aliphatic heterocycles. The number of aromatic nitrogens is 5. The van der Waals surface area contributed by atoms with Gasteiger partial charge in [-0.1, -0.05) is 30.3 Å². The number of para-hydroxylation sites is 1. The SMILES string of the molecule is CC(=O)N(c1cccc(C)c1)c1nc(Cn2nnn(-c3ccccc3)c2=O)cs1. The molecule has 4 aromatic rings. The molecule has 0 saturated heterocycles. The lowest BCUT2D eigenvalue weighted by Gasteiger charge is -2.18. The Kier molecular flexibility index (Phi) is 5.05. The van der Waals surface area contributed by atoms with Crippen LogP contribution in [0.5, 0.6) is 0 Å². The van der Waals surface area contributed by atoms with E-state index in [4.69, 9.17) is 0 Å². The van der Waals surface area contributed by atoms with E-state index in [1.54, 1.807) is 17.0 Å². The lowest BCUT2D eigenvalue weighted by Crippen LogP contribution is -2.25. The summed E-state index contributed by atoms with van der Waals surface area (Å²) in [7, 11) is 0. The summed E-state index contributed by atoms with van der Waals surface area (Å²) in [5, 5.41) is 10.2. The fourth-order valence-corrected chi connectivity index (χ4v) is 3.80. The molecule has 0 atom stereocenters. The molecule has 0 aliphatic rings. The summed E-state index contributed by atoms with van der Waals surface area (Å²) >= 11 is 1.34. The van der Waals surface area contributed by atoms with E-state index in [1.165, 1.54) is 27.6 Å². The normalized spacial score (nSPS) is 10.8. The lowest BCUT2D eigenvalue weighted by molar-refractivity contribution is -0.115. The van der Waals surface area contributed by atoms with Crippen molar-refractivity contribution in [1.82, 2.24) is 24.8 Å². The van der Waals surface area contributed by atoms with Crippen molar-refractivity contribution in [2.75, 3.05) is 4.90 Å². The fraction of sp³-hybridized carbons (Fsp3) is 0.150. The quantitative estimate of drug-likeness (QED) is 0.509. The molecule has 4 rings (SSSR count). The minimum Gasteiger partial charge on any atom is -0.274 e. The summed E-state index contributed by atoms with van der Waals surface area (Å²) in [6, 6.07) is 16.8. The first-order valence-corrected chi connectivity index (χ1v) is 9.81. The molecular weight excluding hydrogens is 388 g/mol. The standard InChI is InChI=1S/C20H18N6O2S/c1-14-7-6-10-18(11-14)25(15(2)27)19-21-16(13-29-19)12-24-20(28)26(23-22-24)17-8-4-3-5-9-17/h3-11,13H,12H2,1-2H3. The molecule has 0 saturated carbocycles. The average Bonchev–Trinajstić information content (AvgIpc) is 3.30. The van der Waals surface area contributed by atoms with Gasteiger partial charge in [-0.3, -0.25) is 9.69 Å². The number of carbonyl (C=O) groups is 1. The molecule has 146 valence electrons. The number of hydrogen-bond donors (Lipinski definition) is 0. The third kappa shape index (κ3) is 3.85. The van der Waals surface area contributed by atoms with E-state index in [9.17, 15) is 9.59 Å². The third-order valence-corrected chi connectivity index (χ3v) is 5.13. The number of tetrazole rings is 1. The zero-order chi connectivity index (χ0) is 20.4. The van der Waals surface area contributed by atoms with Crippen LogP contribution in [0, 0.1) is 6.92 Å². The van der Waals surface area contributed by atoms with Crippen LogP contribution in [0.25, 0.3) is 5.69 Å². The molecule has 29 heavy (non-hydrogen) atoms. The topological polar surface area (TPSA) is 85.9 Å². The summed E-state index contributed by atoms with van der Waals surface area (Å²) in [6.07, 6.45) is 0. The summed E-state index contributed by atoms with van der Waals surface area (Å²) in [6.45, 7) is 3.64. The van der Waals surface area contributed by atoms with Crippen molar-refractivity contribution in [2.24, 2.45) is 0 Å². The van der Waals surface area contributed by atoms with Crippen molar-refractivity contribution in [1.29, 1.82) is 0 Å². The zero-order valence-electron chi connectivity index (χ0n) is 15.9. The number of thiazole rings is 1. The summed E-state index contributed by atoms with van der Waals surface area (Å²) in [5.41, 5.74) is 2.73. The van der Waals surface area contributed by atoms with Crippen LogP contribution in [0.15, 0.2) is 64.8 Å². The van der Waals surface area contributed by atoms with Crippen molar-refractivity contribution in [3.63, 3.8) is 0 Å². The number of aryl methyl sites for hydroxylation is 1. The number of nitrogens with zero attached hydrogens (tertiary/aromatic N) is 6. The smallest absolute Gasteiger partial charge is 0.274 e. The van der Waals surface area contributed by atoms with Gasteiger partial charge in [0.1, 0.15) is 0 Å². The van der Waals surface area contributed by atoms with Gasteiger partial charge in [0.05, 0.1) is 23.6 Å². The Labute approximate surface area is 170 Å². The molecule has 0 radical (unpaired) electrons. The number of rotatable bonds is 5. The van der Waals surface area contributed by atoms with Crippen LogP contribution in [0.2, 0.25) is 0 Å². The number of carbonyl (C=O) groups excluding carboxylic acids is 1. The van der Waals surface area contributed by atoms with Gasteiger partial charge >= 0.3 is 5.69 Å². The zero-order valence-corrected chi connectivity index (χ0v) is 16.7. The maximum Gasteiger partial charge on any atom is 0.368 e. The van der Waals surface area contributed by atoms with Crippen molar-refractivity contribution in [3.8, 4) is 5.69 Å². The van der Waals surface area contributed by atoms with Gasteiger partial charge in [0.2, 0.25) is 5.91 Å². The second-order valence-electron chi connectivity index (χ2n) is 6.48. The third-order valence-electron chi connectivity index (χ3n) is 4.26. The predicted octanol–water partition coefficient (Wildman–Crippen LogP) is 2.93. The van der Waals surface area contributed by atoms with Crippen LogP contribution in [-0.2, 0) is 11.3 Å². The highest BCUT2D eigenvalue weighted by molar-refractivity contribution is 7.14. The van der Waals surface area contributed by atoms with E-state index >= 15 is 0 Å². The Balaban J connectivity index is 1.61. The van der Waals surface area contributed by atoms with Gasteiger partial charge in [0.15, 0.2) is 5.13 Å². The first-order chi connectivity index (χ1) is 14.0. The Bertz CT molecular complexity index is 1210. The van der Waals surface area contributed by atoms with Gasteiger partial charge in [-0.25, -0.2) is 9.78 Å². The highest BCUT2D eigenvalue weighted by atomic mass is 32.1. The highest BCUT2D eigenvalue weighted by Gasteiger charge is 2.19. The second kappa shape index (κ2) is 7.80. The molecule has 2 aromatic heterocycles. The fourth-order valence-electron chi connectivity index (χ4n) is 2.92. The maximum atomic E-state index is 12.6. The van der Waals surface area contributed by atoms with Gasteiger partial charge in [-0.05, 0) is 47.2 Å². The molecular formula is C20H18N6O2S. The molecule has 0 spiro atoms. The average molecular weight is 406 g/mol. The monoisotopic (exact) mass is 406 g/mol. The van der Waals surface area contributed by atoms with Crippen LogP contribution in [-0.4, -0.2) is 30.7 Å². The largest absolute Gasteiger partial charge is 0.368 e. The summed E-state index contributed by atoms with van der Waals surface area (Å²) in [4.78, 5) is 30.9. The van der Waals surface area contributed by atoms with E-state index in [1.807, 2.05) is 54.8 Å². The van der Waals surface area contributed by atoms with Crippen molar-refractivity contribution in [3.05, 3.63) is 81.7 Å². The summed E-state index contributed by atoms with van der Waals surface area (Å²) in [5.74, 6) is -0.135. The first kappa shape index (κ1) is 18.8. The van der Waals surface area contributed by atoms with Gasteiger partial charge < -0.3 is 0 Å². The molecule has 2 heterocycles. The molecule has 0 unspecified atom stereocenters. The van der Waals surface area contributed by atoms with E-state index in [-0.39, 0.29) is 18.1 Å². The van der Waals surface area contributed by atoms with Crippen LogP contribution in [0.3, 0.4) is 0 Å². The highest BCUT2D eigenvalue weighted by Crippen LogP contribution is 2.29. The molecule has 0 fully saturated rings. The Morgan fingerprint density at radius 3 is 2.62 bits per heavy atom. The Morgan fingerprint density at radius 2 is 1.90 bits per heavy atom. The summed E-state index contributed by atoms with van der Waals surface area (Å²) < 4.78 is 2.48. The van der Waals surface area contributed by atoms with Crippen molar-refractivity contribution < 1.29 is 4.79 Å². The van der Waals surface area contributed by atoms with E-state index in [2.05, 4.69) is 15.4 Å². The minimum atomic E-state index is -0.354. The predicted molar refractivity (Wildman–Crippen MR) is 111 cm³/mol. The molecule has 0 bridgehead atoms. The number of amides is 1. The van der Waals surface area contributed by atoms with Crippen LogP contribution in [0.1, 0.15) is 18.2 Å². The first-order valence-electron chi connectivity index (χ1n) is 8.93. The van der Waals surface area contributed by atoms with Gasteiger partial charge in [-0.15, -0.1) is 11.3 Å². The van der Waals surface area contributed by atoms with Crippen molar-refractivity contribution in [2.45, 2.75) is 20.4 Å². The van der Waals surface area contributed by atoms with Gasteiger partial charge in [0, 0.05) is 12.3 Å². The molecule has 2 aromatic carbocycles. The van der Waals surface area contributed by atoms with Crippen LogP contribution < -0.4 is 10.6 Å². The molecule has 8 nitrogen and oxygen atoms in total. The number of benzene rings is 2. The van der Waals surface area contributed by atoms with Crippen LogP contribution in [0.4, 0.5) is 10.8 Å². The van der Waals surface area contributed by atoms with Crippen molar-refractivity contribution >= 4 is 28.1 Å². The van der Waals surface area contributed by atoms with E-state index in [0.717, 1.165) is 11.3 Å². The van der Waals surface area contributed by atoms with E-state index in [0.29, 0.717) is 16.5 Å². The van der Waals surface area contributed by atoms with Gasteiger partial charge in [0.25, 0.3) is 0 Å². The number of anilines is 2.